The van der Waals surface area contributed by atoms with Gasteiger partial charge in [-0.1, -0.05) is 12.1 Å². The lowest BCUT2D eigenvalue weighted by Gasteiger charge is -2.14. The zero-order chi connectivity index (χ0) is 17.7. The van der Waals surface area contributed by atoms with Gasteiger partial charge in [-0.3, -0.25) is 23.9 Å². The number of aryl methyl sites for hydroxylation is 1. The molecule has 1 heterocycles. The molecule has 0 radical (unpaired) electrons. The maximum Gasteiger partial charge on any atom is 0.328 e. The number of anilines is 1. The maximum absolute atomic E-state index is 12.0. The van der Waals surface area contributed by atoms with E-state index in [1.54, 1.807) is 18.2 Å². The number of hydrogen-bond donors (Lipinski definition) is 2. The number of aromatic nitrogens is 2. The predicted molar refractivity (Wildman–Crippen MR) is 86.7 cm³/mol. The fourth-order valence-electron chi connectivity index (χ4n) is 1.96. The first-order valence-corrected chi connectivity index (χ1v) is 7.22. The summed E-state index contributed by atoms with van der Waals surface area (Å²) in [6.07, 6.45) is 0.149. The third-order valence-corrected chi connectivity index (χ3v) is 3.16. The molecular weight excluding hydrogens is 314 g/mol. The largest absolute Gasteiger partial charge is 0.451 e. The lowest BCUT2D eigenvalue weighted by Crippen LogP contribution is -2.34. The van der Waals surface area contributed by atoms with Gasteiger partial charge in [-0.05, 0) is 31.5 Å². The zero-order valence-electron chi connectivity index (χ0n) is 13.2. The van der Waals surface area contributed by atoms with Crippen molar-refractivity contribution in [2.45, 2.75) is 26.5 Å². The summed E-state index contributed by atoms with van der Waals surface area (Å²) < 4.78 is 5.98. The highest BCUT2D eigenvalue weighted by Crippen LogP contribution is 2.10. The van der Waals surface area contributed by atoms with Gasteiger partial charge < -0.3 is 10.1 Å². The van der Waals surface area contributed by atoms with Crippen LogP contribution >= 0.6 is 0 Å². The molecule has 1 aromatic carbocycles. The smallest absolute Gasteiger partial charge is 0.328 e. The van der Waals surface area contributed by atoms with E-state index in [0.29, 0.717) is 5.69 Å². The van der Waals surface area contributed by atoms with Crippen LogP contribution in [0.25, 0.3) is 0 Å². The first-order valence-electron chi connectivity index (χ1n) is 7.22. The van der Waals surface area contributed by atoms with Crippen molar-refractivity contribution in [3.8, 4) is 0 Å². The molecule has 8 heteroatoms. The van der Waals surface area contributed by atoms with E-state index < -0.39 is 35.8 Å². The van der Waals surface area contributed by atoms with Crippen molar-refractivity contribution >= 4 is 17.6 Å². The van der Waals surface area contributed by atoms with Gasteiger partial charge >= 0.3 is 11.7 Å². The van der Waals surface area contributed by atoms with E-state index in [1.165, 1.54) is 13.1 Å². The number of benzene rings is 1. The molecule has 0 unspecified atom stereocenters. The molecule has 2 N–H and O–H groups in total. The number of hydrogen-bond acceptors (Lipinski definition) is 5. The van der Waals surface area contributed by atoms with Crippen molar-refractivity contribution in [3.05, 3.63) is 62.9 Å². The van der Waals surface area contributed by atoms with Gasteiger partial charge in [0.25, 0.3) is 11.5 Å². The lowest BCUT2D eigenvalue weighted by molar-refractivity contribution is -0.153. The summed E-state index contributed by atoms with van der Waals surface area (Å²) in [5.41, 5.74) is 0.293. The predicted octanol–water partition coefficient (Wildman–Crippen LogP) is 0.415. The molecule has 1 atom stereocenters. The van der Waals surface area contributed by atoms with Crippen LogP contribution < -0.4 is 16.6 Å². The van der Waals surface area contributed by atoms with Crippen molar-refractivity contribution in [1.29, 1.82) is 0 Å². The van der Waals surface area contributed by atoms with Crippen molar-refractivity contribution in [3.63, 3.8) is 0 Å². The molecule has 0 saturated carbocycles. The maximum atomic E-state index is 12.0. The van der Waals surface area contributed by atoms with E-state index in [-0.39, 0.29) is 0 Å². The number of amides is 1. The zero-order valence-corrected chi connectivity index (χ0v) is 13.2. The molecule has 8 nitrogen and oxygen atoms in total. The van der Waals surface area contributed by atoms with Crippen molar-refractivity contribution in [2.24, 2.45) is 0 Å². The van der Waals surface area contributed by atoms with Crippen molar-refractivity contribution < 1.29 is 14.3 Å². The number of H-pyrrole nitrogens is 1. The van der Waals surface area contributed by atoms with Crippen LogP contribution in [0.1, 0.15) is 12.5 Å². The van der Waals surface area contributed by atoms with E-state index in [2.05, 4.69) is 5.32 Å². The van der Waals surface area contributed by atoms with Crippen molar-refractivity contribution in [2.75, 3.05) is 5.32 Å². The topological polar surface area (TPSA) is 110 Å². The normalized spacial score (nSPS) is 11.6. The van der Waals surface area contributed by atoms with E-state index >= 15 is 0 Å². The highest BCUT2D eigenvalue weighted by atomic mass is 16.5. The Bertz CT molecular complexity index is 868. The SMILES string of the molecule is Cc1cccc(NC(=O)[C@@H](C)OC(=O)Cn2ccc(=O)[nH]c2=O)c1. The molecule has 2 rings (SSSR count). The van der Waals surface area contributed by atoms with Crippen molar-refractivity contribution in [1.82, 2.24) is 9.55 Å². The fourth-order valence-corrected chi connectivity index (χ4v) is 1.96. The minimum absolute atomic E-state index is 0.405. The average molecular weight is 331 g/mol. The summed E-state index contributed by atoms with van der Waals surface area (Å²) in [5, 5.41) is 2.64. The van der Waals surface area contributed by atoms with Gasteiger partial charge in [-0.15, -0.1) is 0 Å². The average Bonchev–Trinajstić information content (AvgIpc) is 2.50. The summed E-state index contributed by atoms with van der Waals surface area (Å²) in [6.45, 7) is 2.91. The quantitative estimate of drug-likeness (QED) is 0.771. The Balaban J connectivity index is 1.94. The van der Waals surface area contributed by atoms with Crippen LogP contribution in [-0.4, -0.2) is 27.5 Å². The van der Waals surface area contributed by atoms with E-state index in [9.17, 15) is 19.2 Å². The van der Waals surface area contributed by atoms with Crippen LogP contribution in [0.15, 0.2) is 46.1 Å². The van der Waals surface area contributed by atoms with Crippen LogP contribution in [0, 0.1) is 6.92 Å². The molecule has 1 aromatic heterocycles. The fraction of sp³-hybridized carbons (Fsp3) is 0.250. The second kappa shape index (κ2) is 7.40. The number of esters is 1. The molecule has 0 bridgehead atoms. The van der Waals surface area contributed by atoms with Crippen LogP contribution in [0.2, 0.25) is 0 Å². The van der Waals surface area contributed by atoms with Gasteiger partial charge in [0.2, 0.25) is 0 Å². The number of aromatic amines is 1. The molecular formula is C16H17N3O5. The van der Waals surface area contributed by atoms with Crippen LogP contribution in [-0.2, 0) is 20.9 Å². The number of ether oxygens (including phenoxy) is 1. The first kappa shape index (κ1) is 17.2. The minimum Gasteiger partial charge on any atom is -0.451 e. The van der Waals surface area contributed by atoms with Gasteiger partial charge in [-0.25, -0.2) is 4.79 Å². The van der Waals surface area contributed by atoms with Gasteiger partial charge in [0, 0.05) is 18.0 Å². The molecule has 0 fully saturated rings. The van der Waals surface area contributed by atoms with Crippen LogP contribution in [0.5, 0.6) is 0 Å². The van der Waals surface area contributed by atoms with E-state index in [1.807, 2.05) is 18.0 Å². The molecule has 0 saturated heterocycles. The Morgan fingerprint density at radius 3 is 2.71 bits per heavy atom. The van der Waals surface area contributed by atoms with Gasteiger partial charge in [0.1, 0.15) is 6.54 Å². The van der Waals surface area contributed by atoms with Crippen LogP contribution in [0.3, 0.4) is 0 Å². The molecule has 0 spiro atoms. The Hall–Kier alpha value is -3.16. The summed E-state index contributed by atoms with van der Waals surface area (Å²) >= 11 is 0. The molecule has 24 heavy (non-hydrogen) atoms. The molecule has 0 aliphatic carbocycles. The summed E-state index contributed by atoms with van der Waals surface area (Å²) in [4.78, 5) is 48.3. The monoisotopic (exact) mass is 331 g/mol. The summed E-state index contributed by atoms with van der Waals surface area (Å²) in [6, 6.07) is 8.30. The van der Waals surface area contributed by atoms with Gasteiger partial charge in [0.05, 0.1) is 0 Å². The van der Waals surface area contributed by atoms with Gasteiger partial charge in [-0.2, -0.15) is 0 Å². The summed E-state index contributed by atoms with van der Waals surface area (Å²) in [7, 11) is 0. The Kier molecular flexibility index (Phi) is 5.31. The molecule has 0 aliphatic rings. The third kappa shape index (κ3) is 4.67. The first-order chi connectivity index (χ1) is 11.3. The standard InChI is InChI=1S/C16H17N3O5/c1-10-4-3-5-12(8-10)17-15(22)11(2)24-14(21)9-19-7-6-13(20)18-16(19)23/h3-8,11H,9H2,1-2H3,(H,17,22)(H,18,20,23)/t11-/m1/s1. The second-order valence-electron chi connectivity index (χ2n) is 5.23. The highest BCUT2D eigenvalue weighted by Gasteiger charge is 2.18. The van der Waals surface area contributed by atoms with Gasteiger partial charge in [0.15, 0.2) is 6.10 Å². The summed E-state index contributed by atoms with van der Waals surface area (Å²) in [5.74, 6) is -1.25. The van der Waals surface area contributed by atoms with Crippen LogP contribution in [0.4, 0.5) is 5.69 Å². The Labute approximate surface area is 137 Å². The molecule has 126 valence electrons. The molecule has 1 amide bonds. The number of carbonyl (C=O) groups excluding carboxylic acids is 2. The third-order valence-electron chi connectivity index (χ3n) is 3.16. The number of nitrogens with zero attached hydrogens (tertiary/aromatic N) is 1. The second-order valence-corrected chi connectivity index (χ2v) is 5.23. The Morgan fingerprint density at radius 2 is 2.04 bits per heavy atom. The number of nitrogens with one attached hydrogen (secondary N) is 2. The molecule has 2 aromatic rings. The number of carbonyl (C=O) groups is 2. The minimum atomic E-state index is -1.03. The highest BCUT2D eigenvalue weighted by molar-refractivity contribution is 5.95. The Morgan fingerprint density at radius 1 is 1.29 bits per heavy atom. The lowest BCUT2D eigenvalue weighted by atomic mass is 10.2. The molecule has 0 aliphatic heterocycles. The van der Waals surface area contributed by atoms with E-state index in [0.717, 1.165) is 16.2 Å². The number of rotatable bonds is 5. The van der Waals surface area contributed by atoms with E-state index in [4.69, 9.17) is 4.74 Å².